The van der Waals surface area contributed by atoms with Crippen LogP contribution < -0.4 is 10.6 Å². The average molecular weight is 324 g/mol. The molecule has 1 amide bonds. The molecule has 1 heterocycles. The van der Waals surface area contributed by atoms with Crippen molar-refractivity contribution in [2.45, 2.75) is 13.5 Å². The van der Waals surface area contributed by atoms with Crippen LogP contribution in [0.25, 0.3) is 0 Å². The Bertz CT molecular complexity index is 595. The lowest BCUT2D eigenvalue weighted by molar-refractivity contribution is 0.0995. The van der Waals surface area contributed by atoms with Gasteiger partial charge in [-0.15, -0.1) is 0 Å². The quantitative estimate of drug-likeness (QED) is 0.907. The molecule has 0 radical (unpaired) electrons. The van der Waals surface area contributed by atoms with Gasteiger partial charge in [0.1, 0.15) is 0 Å². The minimum atomic E-state index is -0.309. The summed E-state index contributed by atoms with van der Waals surface area (Å²) in [6, 6.07) is 5.59. The van der Waals surface area contributed by atoms with Gasteiger partial charge in [-0.3, -0.25) is 4.79 Å². The van der Waals surface area contributed by atoms with E-state index in [1.807, 2.05) is 25.1 Å². The maximum absolute atomic E-state index is 12.0. The molecule has 1 aromatic heterocycles. The molecule has 5 nitrogen and oxygen atoms in total. The van der Waals surface area contributed by atoms with Crippen molar-refractivity contribution in [3.8, 4) is 0 Å². The zero-order valence-electron chi connectivity index (χ0n) is 10.7. The Hall–Kier alpha value is -1.66. The van der Waals surface area contributed by atoms with Gasteiger partial charge in [0, 0.05) is 10.2 Å². The Balaban J connectivity index is 2.09. The first-order valence-corrected chi connectivity index (χ1v) is 6.56. The molecular weight excluding hydrogens is 310 g/mol. The van der Waals surface area contributed by atoms with Gasteiger partial charge in [0.25, 0.3) is 5.91 Å². The van der Waals surface area contributed by atoms with E-state index in [-0.39, 0.29) is 11.7 Å². The van der Waals surface area contributed by atoms with Gasteiger partial charge in [-0.2, -0.15) is 0 Å². The van der Waals surface area contributed by atoms with Crippen molar-refractivity contribution in [1.29, 1.82) is 0 Å². The van der Waals surface area contributed by atoms with E-state index in [4.69, 9.17) is 4.42 Å². The van der Waals surface area contributed by atoms with Gasteiger partial charge < -0.3 is 15.1 Å². The maximum Gasteiger partial charge on any atom is 0.293 e. The standard InChI is InChI=1S/C13H14BrN3O2/c1-8-5-9(3-4-10(8)14)17-13(18)11-6-16-12(19-11)7-15-2/h3-6,15H,7H2,1-2H3,(H,17,18). The summed E-state index contributed by atoms with van der Waals surface area (Å²) in [5.41, 5.74) is 1.77. The first-order valence-electron chi connectivity index (χ1n) is 5.77. The summed E-state index contributed by atoms with van der Waals surface area (Å²) >= 11 is 3.41. The number of rotatable bonds is 4. The van der Waals surface area contributed by atoms with E-state index in [1.165, 1.54) is 6.20 Å². The van der Waals surface area contributed by atoms with Gasteiger partial charge >= 0.3 is 0 Å². The molecule has 2 N–H and O–H groups in total. The summed E-state index contributed by atoms with van der Waals surface area (Å²) in [5, 5.41) is 5.67. The highest BCUT2D eigenvalue weighted by Gasteiger charge is 2.12. The van der Waals surface area contributed by atoms with Crippen molar-refractivity contribution in [3.63, 3.8) is 0 Å². The molecule has 0 aliphatic rings. The number of aryl methyl sites for hydroxylation is 1. The van der Waals surface area contributed by atoms with Crippen LogP contribution in [0.3, 0.4) is 0 Å². The van der Waals surface area contributed by atoms with Crippen LogP contribution in [0, 0.1) is 6.92 Å². The van der Waals surface area contributed by atoms with Crippen LogP contribution in [0.1, 0.15) is 22.0 Å². The lowest BCUT2D eigenvalue weighted by Gasteiger charge is -2.05. The molecule has 0 bridgehead atoms. The number of amides is 1. The Morgan fingerprint density at radius 3 is 2.95 bits per heavy atom. The summed E-state index contributed by atoms with van der Waals surface area (Å²) in [7, 11) is 1.79. The Labute approximate surface area is 119 Å². The van der Waals surface area contributed by atoms with Crippen molar-refractivity contribution in [3.05, 3.63) is 46.1 Å². The van der Waals surface area contributed by atoms with Crippen molar-refractivity contribution in [2.75, 3.05) is 12.4 Å². The predicted octanol–water partition coefficient (Wildman–Crippen LogP) is 2.72. The molecule has 0 unspecified atom stereocenters. The second-order valence-electron chi connectivity index (χ2n) is 4.07. The number of hydrogen-bond donors (Lipinski definition) is 2. The first-order chi connectivity index (χ1) is 9.10. The Kier molecular flexibility index (Phi) is 4.34. The number of nitrogens with zero attached hydrogens (tertiary/aromatic N) is 1. The van der Waals surface area contributed by atoms with Crippen LogP contribution in [0.5, 0.6) is 0 Å². The first kappa shape index (κ1) is 13.8. The number of halogens is 1. The zero-order chi connectivity index (χ0) is 13.8. The number of benzene rings is 1. The lowest BCUT2D eigenvalue weighted by Crippen LogP contribution is -2.11. The van der Waals surface area contributed by atoms with E-state index in [9.17, 15) is 4.79 Å². The van der Waals surface area contributed by atoms with Crippen LogP contribution in [0.2, 0.25) is 0 Å². The molecule has 6 heteroatoms. The number of oxazole rings is 1. The van der Waals surface area contributed by atoms with E-state index < -0.39 is 0 Å². The number of aromatic nitrogens is 1. The minimum Gasteiger partial charge on any atom is -0.434 e. The number of anilines is 1. The Morgan fingerprint density at radius 1 is 1.47 bits per heavy atom. The maximum atomic E-state index is 12.0. The van der Waals surface area contributed by atoms with Crippen molar-refractivity contribution in [1.82, 2.24) is 10.3 Å². The monoisotopic (exact) mass is 323 g/mol. The van der Waals surface area contributed by atoms with Gasteiger partial charge in [0.15, 0.2) is 0 Å². The molecule has 0 spiro atoms. The molecule has 100 valence electrons. The van der Waals surface area contributed by atoms with Crippen LogP contribution in [0.15, 0.2) is 33.3 Å². The summed E-state index contributed by atoms with van der Waals surface area (Å²) in [6.07, 6.45) is 1.42. The third-order valence-electron chi connectivity index (χ3n) is 2.52. The van der Waals surface area contributed by atoms with E-state index >= 15 is 0 Å². The molecule has 0 atom stereocenters. The van der Waals surface area contributed by atoms with E-state index in [2.05, 4.69) is 31.5 Å². The fourth-order valence-electron chi connectivity index (χ4n) is 1.56. The topological polar surface area (TPSA) is 67.2 Å². The fraction of sp³-hybridized carbons (Fsp3) is 0.231. The fourth-order valence-corrected chi connectivity index (χ4v) is 1.81. The van der Waals surface area contributed by atoms with E-state index in [0.717, 1.165) is 15.7 Å². The molecule has 0 fully saturated rings. The molecule has 2 rings (SSSR count). The number of carbonyl (C=O) groups is 1. The summed E-state index contributed by atoms with van der Waals surface area (Å²) in [4.78, 5) is 16.0. The molecule has 0 aliphatic heterocycles. The van der Waals surface area contributed by atoms with Crippen LogP contribution in [-0.4, -0.2) is 17.9 Å². The highest BCUT2D eigenvalue weighted by molar-refractivity contribution is 9.10. The van der Waals surface area contributed by atoms with E-state index in [0.29, 0.717) is 12.4 Å². The molecule has 0 saturated carbocycles. The van der Waals surface area contributed by atoms with Gasteiger partial charge in [-0.05, 0) is 37.7 Å². The summed E-state index contributed by atoms with van der Waals surface area (Å²) in [6.45, 7) is 2.45. The molecule has 19 heavy (non-hydrogen) atoms. The van der Waals surface area contributed by atoms with Gasteiger partial charge in [-0.1, -0.05) is 15.9 Å². The number of carbonyl (C=O) groups excluding carboxylic acids is 1. The SMILES string of the molecule is CNCc1ncc(C(=O)Nc2ccc(Br)c(C)c2)o1. The third kappa shape index (κ3) is 3.42. The van der Waals surface area contributed by atoms with Gasteiger partial charge in [0.05, 0.1) is 12.7 Å². The second kappa shape index (κ2) is 5.99. The normalized spacial score (nSPS) is 10.5. The second-order valence-corrected chi connectivity index (χ2v) is 4.92. The molecule has 0 saturated heterocycles. The highest BCUT2D eigenvalue weighted by atomic mass is 79.9. The lowest BCUT2D eigenvalue weighted by atomic mass is 10.2. The largest absolute Gasteiger partial charge is 0.434 e. The van der Waals surface area contributed by atoms with Crippen LogP contribution in [0.4, 0.5) is 5.69 Å². The van der Waals surface area contributed by atoms with Crippen molar-refractivity contribution < 1.29 is 9.21 Å². The molecule has 0 aliphatic carbocycles. The average Bonchev–Trinajstić information content (AvgIpc) is 2.83. The van der Waals surface area contributed by atoms with Crippen LogP contribution in [-0.2, 0) is 6.54 Å². The summed E-state index contributed by atoms with van der Waals surface area (Å²) in [5.74, 6) is 0.377. The number of nitrogens with one attached hydrogen (secondary N) is 2. The van der Waals surface area contributed by atoms with E-state index in [1.54, 1.807) is 7.05 Å². The van der Waals surface area contributed by atoms with Crippen LogP contribution >= 0.6 is 15.9 Å². The Morgan fingerprint density at radius 2 is 2.26 bits per heavy atom. The molecular formula is C13H14BrN3O2. The predicted molar refractivity (Wildman–Crippen MR) is 76.1 cm³/mol. The molecule has 2 aromatic rings. The molecule has 1 aromatic carbocycles. The zero-order valence-corrected chi connectivity index (χ0v) is 12.2. The highest BCUT2D eigenvalue weighted by Crippen LogP contribution is 2.20. The van der Waals surface area contributed by atoms with Crippen molar-refractivity contribution >= 4 is 27.5 Å². The summed E-state index contributed by atoms with van der Waals surface area (Å²) < 4.78 is 6.32. The van der Waals surface area contributed by atoms with Gasteiger partial charge in [-0.25, -0.2) is 4.98 Å². The third-order valence-corrected chi connectivity index (χ3v) is 3.41. The smallest absolute Gasteiger partial charge is 0.293 e. The minimum absolute atomic E-state index is 0.200. The number of hydrogen-bond acceptors (Lipinski definition) is 4. The van der Waals surface area contributed by atoms with Gasteiger partial charge in [0.2, 0.25) is 11.7 Å². The van der Waals surface area contributed by atoms with Crippen molar-refractivity contribution in [2.24, 2.45) is 0 Å².